The van der Waals surface area contributed by atoms with Crippen molar-refractivity contribution in [2.75, 3.05) is 19.6 Å². The number of carbonyl (C=O) groups is 3. The molecule has 150 valence electrons. The van der Waals surface area contributed by atoms with Crippen LogP contribution in [0, 0.1) is 5.82 Å². The van der Waals surface area contributed by atoms with Gasteiger partial charge in [-0.25, -0.2) is 4.39 Å². The predicted molar refractivity (Wildman–Crippen MR) is 106 cm³/mol. The van der Waals surface area contributed by atoms with E-state index in [9.17, 15) is 18.8 Å². The van der Waals surface area contributed by atoms with E-state index in [1.54, 1.807) is 4.90 Å². The number of hydrogen-bond donors (Lipinski definition) is 0. The van der Waals surface area contributed by atoms with E-state index >= 15 is 0 Å². The topological polar surface area (TPSA) is 57.7 Å². The lowest BCUT2D eigenvalue weighted by Gasteiger charge is -2.44. The molecule has 2 heterocycles. The first-order valence-electron chi connectivity index (χ1n) is 9.97. The maximum Gasteiger partial charge on any atom is 0.242 e. The van der Waals surface area contributed by atoms with Crippen LogP contribution in [0.3, 0.4) is 0 Å². The minimum Gasteiger partial charge on any atom is -0.332 e. The Morgan fingerprint density at radius 3 is 2.59 bits per heavy atom. The van der Waals surface area contributed by atoms with Crippen LogP contribution in [-0.4, -0.2) is 47.0 Å². The summed E-state index contributed by atoms with van der Waals surface area (Å²) in [6, 6.07) is 13.4. The lowest BCUT2D eigenvalue weighted by molar-refractivity contribution is -0.149. The molecule has 0 radical (unpaired) electrons. The maximum absolute atomic E-state index is 13.0. The van der Waals surface area contributed by atoms with Gasteiger partial charge in [0.1, 0.15) is 5.82 Å². The van der Waals surface area contributed by atoms with E-state index in [-0.39, 0.29) is 48.8 Å². The molecule has 4 rings (SSSR count). The Kier molecular flexibility index (Phi) is 5.43. The van der Waals surface area contributed by atoms with Crippen LogP contribution in [0.5, 0.6) is 0 Å². The van der Waals surface area contributed by atoms with Crippen LogP contribution in [0.4, 0.5) is 4.39 Å². The van der Waals surface area contributed by atoms with Crippen molar-refractivity contribution in [1.82, 2.24) is 9.80 Å². The van der Waals surface area contributed by atoms with Crippen molar-refractivity contribution in [3.63, 3.8) is 0 Å². The molecule has 5 nitrogen and oxygen atoms in total. The summed E-state index contributed by atoms with van der Waals surface area (Å²) in [6.07, 6.45) is 1.69. The summed E-state index contributed by atoms with van der Waals surface area (Å²) in [6.45, 7) is 1.28. The fourth-order valence-electron chi connectivity index (χ4n) is 4.20. The molecule has 0 aromatic heterocycles. The molecule has 2 amide bonds. The van der Waals surface area contributed by atoms with Crippen molar-refractivity contribution >= 4 is 17.6 Å². The summed E-state index contributed by atoms with van der Waals surface area (Å²) in [5.74, 6) is -0.621. The smallest absolute Gasteiger partial charge is 0.242 e. The van der Waals surface area contributed by atoms with E-state index in [2.05, 4.69) is 6.07 Å². The van der Waals surface area contributed by atoms with E-state index in [0.29, 0.717) is 25.1 Å². The summed E-state index contributed by atoms with van der Waals surface area (Å²) in [7, 11) is 0. The monoisotopic (exact) mass is 394 g/mol. The highest BCUT2D eigenvalue weighted by molar-refractivity contribution is 5.96. The Balaban J connectivity index is 1.35. The van der Waals surface area contributed by atoms with Crippen LogP contribution in [0.25, 0.3) is 0 Å². The number of hydrogen-bond acceptors (Lipinski definition) is 3. The van der Waals surface area contributed by atoms with Gasteiger partial charge in [-0.3, -0.25) is 14.4 Å². The Labute approximate surface area is 169 Å². The zero-order valence-electron chi connectivity index (χ0n) is 16.1. The largest absolute Gasteiger partial charge is 0.332 e. The number of nitrogens with zero attached hydrogens (tertiary/aromatic N) is 2. The van der Waals surface area contributed by atoms with Crippen LogP contribution in [0.15, 0.2) is 48.5 Å². The molecule has 6 heteroatoms. The summed E-state index contributed by atoms with van der Waals surface area (Å²) < 4.78 is 13.0. The number of Topliss-reactive ketones (excluding diaryl/α,β-unsaturated/α-hetero) is 1. The molecule has 1 saturated heterocycles. The summed E-state index contributed by atoms with van der Waals surface area (Å²) in [4.78, 5) is 41.0. The molecule has 0 saturated carbocycles. The molecule has 1 atom stereocenters. The van der Waals surface area contributed by atoms with Crippen LogP contribution in [0.2, 0.25) is 0 Å². The molecule has 1 fully saturated rings. The van der Waals surface area contributed by atoms with Crippen molar-refractivity contribution in [2.45, 2.75) is 31.7 Å². The van der Waals surface area contributed by atoms with Gasteiger partial charge >= 0.3 is 0 Å². The van der Waals surface area contributed by atoms with Gasteiger partial charge in [0.25, 0.3) is 0 Å². The van der Waals surface area contributed by atoms with Crippen molar-refractivity contribution < 1.29 is 18.8 Å². The van der Waals surface area contributed by atoms with E-state index in [1.165, 1.54) is 29.8 Å². The van der Waals surface area contributed by atoms with E-state index in [0.717, 1.165) is 12.0 Å². The number of ketones is 1. The summed E-state index contributed by atoms with van der Waals surface area (Å²) in [5.41, 5.74) is 2.80. The highest BCUT2D eigenvalue weighted by Crippen LogP contribution is 2.33. The molecule has 2 aromatic rings. The Morgan fingerprint density at radius 1 is 1.03 bits per heavy atom. The lowest BCUT2D eigenvalue weighted by atomic mass is 9.90. The van der Waals surface area contributed by atoms with Gasteiger partial charge in [0.05, 0.1) is 12.6 Å². The molecule has 0 N–H and O–H groups in total. The van der Waals surface area contributed by atoms with Crippen molar-refractivity contribution in [3.05, 3.63) is 71.0 Å². The first kappa shape index (κ1) is 19.3. The molecule has 0 bridgehead atoms. The van der Waals surface area contributed by atoms with E-state index < -0.39 is 0 Å². The van der Waals surface area contributed by atoms with Gasteiger partial charge in [0.2, 0.25) is 11.8 Å². The first-order chi connectivity index (χ1) is 14.0. The highest BCUT2D eigenvalue weighted by atomic mass is 19.1. The second kappa shape index (κ2) is 8.15. The number of piperazine rings is 1. The minimum atomic E-state index is -0.384. The lowest BCUT2D eigenvalue weighted by Crippen LogP contribution is -2.55. The molecular weight excluding hydrogens is 371 g/mol. The molecule has 2 aliphatic rings. The summed E-state index contributed by atoms with van der Waals surface area (Å²) >= 11 is 0. The third kappa shape index (κ3) is 4.06. The number of benzene rings is 2. The summed E-state index contributed by atoms with van der Waals surface area (Å²) in [5, 5.41) is 0. The molecule has 0 spiro atoms. The van der Waals surface area contributed by atoms with Gasteiger partial charge in [-0.15, -0.1) is 0 Å². The third-order valence-corrected chi connectivity index (χ3v) is 5.77. The predicted octanol–water partition coefficient (Wildman–Crippen LogP) is 3.15. The van der Waals surface area contributed by atoms with E-state index in [4.69, 9.17) is 0 Å². The van der Waals surface area contributed by atoms with Crippen molar-refractivity contribution in [1.29, 1.82) is 0 Å². The molecule has 0 aliphatic carbocycles. The van der Waals surface area contributed by atoms with Crippen LogP contribution >= 0.6 is 0 Å². The fraction of sp³-hybridized carbons (Fsp3) is 0.348. The zero-order valence-corrected chi connectivity index (χ0v) is 16.1. The number of fused-ring (bicyclic) bond motifs is 3. The van der Waals surface area contributed by atoms with Gasteiger partial charge in [0, 0.05) is 31.5 Å². The zero-order chi connectivity index (χ0) is 20.4. The number of rotatable bonds is 5. The normalized spacial score (nSPS) is 18.2. The van der Waals surface area contributed by atoms with Crippen LogP contribution < -0.4 is 0 Å². The highest BCUT2D eigenvalue weighted by Gasteiger charge is 2.38. The second-order valence-electron chi connectivity index (χ2n) is 7.61. The number of amides is 2. The van der Waals surface area contributed by atoms with Crippen LogP contribution in [0.1, 0.15) is 46.8 Å². The van der Waals surface area contributed by atoms with Gasteiger partial charge in [-0.05, 0) is 48.2 Å². The Morgan fingerprint density at radius 2 is 1.79 bits per heavy atom. The van der Waals surface area contributed by atoms with Gasteiger partial charge in [0.15, 0.2) is 5.78 Å². The average Bonchev–Trinajstić information content (AvgIpc) is 2.73. The van der Waals surface area contributed by atoms with Gasteiger partial charge in [-0.1, -0.05) is 24.3 Å². The fourth-order valence-corrected chi connectivity index (χ4v) is 4.20. The first-order valence-corrected chi connectivity index (χ1v) is 9.97. The van der Waals surface area contributed by atoms with Crippen molar-refractivity contribution in [3.8, 4) is 0 Å². The molecule has 2 aromatic carbocycles. The van der Waals surface area contributed by atoms with Gasteiger partial charge in [-0.2, -0.15) is 0 Å². The van der Waals surface area contributed by atoms with Gasteiger partial charge < -0.3 is 9.80 Å². The third-order valence-electron chi connectivity index (χ3n) is 5.77. The minimum absolute atomic E-state index is 0.0218. The molecule has 29 heavy (non-hydrogen) atoms. The number of halogens is 1. The molecular formula is C23H23FN2O3. The second-order valence-corrected chi connectivity index (χ2v) is 7.61. The van der Waals surface area contributed by atoms with E-state index in [1.807, 2.05) is 23.1 Å². The SMILES string of the molecule is O=C(CCCC(=O)N1CC(=O)N2CCc3ccccc3C2C1)c1ccc(F)cc1. The quantitative estimate of drug-likeness (QED) is 0.732. The Hall–Kier alpha value is -3.02. The standard InChI is InChI=1S/C23H23FN2O3/c24-18-10-8-17(9-11-18)21(27)6-3-7-22(28)25-14-20-19-5-2-1-4-16(19)12-13-26(20)23(29)15-25/h1-2,4-5,8-11,20H,3,6-7,12-15H2. The molecule has 1 unspecified atom stereocenters. The van der Waals surface area contributed by atoms with Crippen LogP contribution in [-0.2, 0) is 16.0 Å². The average molecular weight is 394 g/mol. The molecule has 2 aliphatic heterocycles. The Bertz CT molecular complexity index is 941. The number of carbonyl (C=O) groups excluding carboxylic acids is 3. The maximum atomic E-state index is 13.0. The van der Waals surface area contributed by atoms with Crippen molar-refractivity contribution in [2.24, 2.45) is 0 Å².